The van der Waals surface area contributed by atoms with Crippen LogP contribution >= 0.6 is 0 Å². The Hall–Kier alpha value is -3.29. The summed E-state index contributed by atoms with van der Waals surface area (Å²) in [5.74, 6) is -0.347. The van der Waals surface area contributed by atoms with E-state index in [4.69, 9.17) is 16.2 Å². The molecule has 0 saturated carbocycles. The van der Waals surface area contributed by atoms with Crippen molar-refractivity contribution in [3.05, 3.63) is 46.9 Å². The average Bonchev–Trinajstić information content (AvgIpc) is 2.52. The summed E-state index contributed by atoms with van der Waals surface area (Å²) < 4.78 is 5.29. The van der Waals surface area contributed by atoms with Gasteiger partial charge in [-0.15, -0.1) is 0 Å². The Balaban J connectivity index is 1.88. The number of carbonyl (C=O) groups is 1. The van der Waals surface area contributed by atoms with Gasteiger partial charge >= 0.3 is 5.97 Å². The van der Waals surface area contributed by atoms with Gasteiger partial charge in [0.2, 0.25) is 11.9 Å². The first-order chi connectivity index (χ1) is 11.5. The highest BCUT2D eigenvalue weighted by molar-refractivity contribution is 5.98. The fourth-order valence-corrected chi connectivity index (χ4v) is 2.56. The van der Waals surface area contributed by atoms with Crippen molar-refractivity contribution >= 4 is 28.8 Å². The second-order valence-corrected chi connectivity index (χ2v) is 5.26. The number of anilines is 2. The number of fused-ring (bicyclic) bond motifs is 1. The van der Waals surface area contributed by atoms with Crippen molar-refractivity contribution in [2.45, 2.75) is 20.5 Å². The van der Waals surface area contributed by atoms with Gasteiger partial charge < -0.3 is 16.2 Å². The molecular formula is C16H16N6O2. The Labute approximate surface area is 137 Å². The molecule has 2 heterocycles. The summed E-state index contributed by atoms with van der Waals surface area (Å²) in [6, 6.07) is 7.63. The molecule has 0 atom stereocenters. The Morgan fingerprint density at radius 3 is 2.42 bits per heavy atom. The summed E-state index contributed by atoms with van der Waals surface area (Å²) in [5.41, 5.74) is 13.7. The van der Waals surface area contributed by atoms with Crippen LogP contribution < -0.4 is 11.5 Å². The molecule has 0 spiro atoms. The summed E-state index contributed by atoms with van der Waals surface area (Å²) in [6.45, 7) is 3.49. The lowest BCUT2D eigenvalue weighted by atomic mass is 10.0. The second-order valence-electron chi connectivity index (χ2n) is 5.26. The number of aromatic nitrogens is 4. The predicted molar refractivity (Wildman–Crippen MR) is 89.0 cm³/mol. The molecule has 0 aliphatic rings. The SMILES string of the molecule is Cc1nc2ccccc2c(C)c1C(=O)OCc1nc(N)nc(N)n1. The molecule has 2 aromatic heterocycles. The topological polar surface area (TPSA) is 130 Å². The number of aryl methyl sites for hydroxylation is 2. The van der Waals surface area contributed by atoms with Crippen molar-refractivity contribution in [3.63, 3.8) is 0 Å². The molecule has 0 saturated heterocycles. The van der Waals surface area contributed by atoms with Gasteiger partial charge in [-0.1, -0.05) is 18.2 Å². The maximum Gasteiger partial charge on any atom is 0.340 e. The van der Waals surface area contributed by atoms with E-state index in [9.17, 15) is 4.79 Å². The average molecular weight is 324 g/mol. The van der Waals surface area contributed by atoms with Crippen molar-refractivity contribution in [2.24, 2.45) is 0 Å². The zero-order chi connectivity index (χ0) is 17.3. The minimum absolute atomic E-state index is 0.0201. The number of rotatable bonds is 3. The van der Waals surface area contributed by atoms with Crippen LogP contribution in [0, 0.1) is 13.8 Å². The third kappa shape index (κ3) is 2.94. The summed E-state index contributed by atoms with van der Waals surface area (Å²) in [6.07, 6.45) is 0. The molecular weight excluding hydrogens is 308 g/mol. The Kier molecular flexibility index (Phi) is 3.95. The van der Waals surface area contributed by atoms with E-state index in [-0.39, 0.29) is 24.3 Å². The number of para-hydroxylation sites is 1. The van der Waals surface area contributed by atoms with Crippen molar-refractivity contribution < 1.29 is 9.53 Å². The first-order valence-corrected chi connectivity index (χ1v) is 7.24. The van der Waals surface area contributed by atoms with E-state index in [1.807, 2.05) is 31.2 Å². The maximum absolute atomic E-state index is 12.5. The van der Waals surface area contributed by atoms with Crippen LogP contribution in [0.5, 0.6) is 0 Å². The summed E-state index contributed by atoms with van der Waals surface area (Å²) >= 11 is 0. The molecule has 8 heteroatoms. The molecule has 0 radical (unpaired) electrons. The Morgan fingerprint density at radius 2 is 1.71 bits per heavy atom. The smallest absolute Gasteiger partial charge is 0.340 e. The van der Waals surface area contributed by atoms with Crippen LogP contribution in [0.1, 0.15) is 27.4 Å². The van der Waals surface area contributed by atoms with Crippen molar-refractivity contribution in [1.29, 1.82) is 0 Å². The maximum atomic E-state index is 12.5. The van der Waals surface area contributed by atoms with Crippen LogP contribution in [-0.2, 0) is 11.3 Å². The van der Waals surface area contributed by atoms with Gasteiger partial charge in [0.1, 0.15) is 0 Å². The lowest BCUT2D eigenvalue weighted by Gasteiger charge is -2.12. The van der Waals surface area contributed by atoms with Crippen molar-refractivity contribution in [1.82, 2.24) is 19.9 Å². The van der Waals surface area contributed by atoms with Crippen LogP contribution in [0.4, 0.5) is 11.9 Å². The molecule has 0 fully saturated rings. The van der Waals surface area contributed by atoms with Crippen molar-refractivity contribution in [3.8, 4) is 0 Å². The van der Waals surface area contributed by atoms with Crippen LogP contribution in [0.25, 0.3) is 10.9 Å². The number of pyridine rings is 1. The molecule has 24 heavy (non-hydrogen) atoms. The molecule has 1 aromatic carbocycles. The summed E-state index contributed by atoms with van der Waals surface area (Å²) in [5, 5.41) is 0.906. The third-order valence-corrected chi connectivity index (χ3v) is 3.59. The van der Waals surface area contributed by atoms with Gasteiger partial charge in [-0.05, 0) is 25.5 Å². The van der Waals surface area contributed by atoms with Gasteiger partial charge in [0.25, 0.3) is 0 Å². The van der Waals surface area contributed by atoms with Gasteiger partial charge in [-0.2, -0.15) is 15.0 Å². The molecule has 0 aliphatic carbocycles. The van der Waals surface area contributed by atoms with E-state index in [2.05, 4.69) is 19.9 Å². The minimum Gasteiger partial charge on any atom is -0.454 e. The predicted octanol–water partition coefficient (Wildman–Crippen LogP) is 1.56. The van der Waals surface area contributed by atoms with E-state index in [1.165, 1.54) is 0 Å². The van der Waals surface area contributed by atoms with E-state index < -0.39 is 5.97 Å². The summed E-state index contributed by atoms with van der Waals surface area (Å²) in [4.78, 5) is 28.4. The fourth-order valence-electron chi connectivity index (χ4n) is 2.56. The third-order valence-electron chi connectivity index (χ3n) is 3.59. The Bertz CT molecular complexity index is 921. The monoisotopic (exact) mass is 324 g/mol. The number of nitrogens with two attached hydrogens (primary N) is 2. The number of ether oxygens (including phenoxy) is 1. The normalized spacial score (nSPS) is 10.8. The molecule has 8 nitrogen and oxygen atoms in total. The molecule has 0 aliphatic heterocycles. The van der Waals surface area contributed by atoms with E-state index in [1.54, 1.807) is 6.92 Å². The molecule has 4 N–H and O–H groups in total. The lowest BCUT2D eigenvalue weighted by molar-refractivity contribution is 0.0460. The van der Waals surface area contributed by atoms with Crippen molar-refractivity contribution in [2.75, 3.05) is 11.5 Å². The number of hydrogen-bond donors (Lipinski definition) is 2. The van der Waals surface area contributed by atoms with Gasteiger partial charge in [0.05, 0.1) is 16.8 Å². The second kappa shape index (κ2) is 6.07. The van der Waals surface area contributed by atoms with Gasteiger partial charge in [-0.25, -0.2) is 4.79 Å². The van der Waals surface area contributed by atoms with Crippen LogP contribution in [0.2, 0.25) is 0 Å². The number of nitrogen functional groups attached to an aromatic ring is 2. The number of esters is 1. The molecule has 3 aromatic rings. The largest absolute Gasteiger partial charge is 0.454 e. The quantitative estimate of drug-likeness (QED) is 0.694. The zero-order valence-electron chi connectivity index (χ0n) is 13.3. The fraction of sp³-hybridized carbons (Fsp3) is 0.188. The molecule has 0 amide bonds. The lowest BCUT2D eigenvalue weighted by Crippen LogP contribution is -2.13. The zero-order valence-corrected chi connectivity index (χ0v) is 13.3. The standard InChI is InChI=1S/C16H16N6O2/c1-8-10-5-3-4-6-11(10)19-9(2)13(8)14(23)24-7-12-20-15(17)22-16(18)21-12/h3-6H,7H2,1-2H3,(H4,17,18,20,21,22). The first kappa shape index (κ1) is 15.6. The first-order valence-electron chi connectivity index (χ1n) is 7.24. The number of benzene rings is 1. The van der Waals surface area contributed by atoms with Crippen LogP contribution in [-0.4, -0.2) is 25.9 Å². The van der Waals surface area contributed by atoms with E-state index in [0.29, 0.717) is 11.3 Å². The molecule has 3 rings (SSSR count). The van der Waals surface area contributed by atoms with Crippen LogP contribution in [0.3, 0.4) is 0 Å². The van der Waals surface area contributed by atoms with Gasteiger partial charge in [0.15, 0.2) is 12.4 Å². The molecule has 0 bridgehead atoms. The highest BCUT2D eigenvalue weighted by Gasteiger charge is 2.18. The van der Waals surface area contributed by atoms with Crippen LogP contribution in [0.15, 0.2) is 24.3 Å². The highest BCUT2D eigenvalue weighted by atomic mass is 16.5. The minimum atomic E-state index is -0.499. The Morgan fingerprint density at radius 1 is 1.04 bits per heavy atom. The molecule has 0 unspecified atom stereocenters. The molecule has 122 valence electrons. The number of nitrogens with zero attached hydrogens (tertiary/aromatic N) is 4. The summed E-state index contributed by atoms with van der Waals surface area (Å²) in [7, 11) is 0. The van der Waals surface area contributed by atoms with Gasteiger partial charge in [0, 0.05) is 5.39 Å². The highest BCUT2D eigenvalue weighted by Crippen LogP contribution is 2.23. The van der Waals surface area contributed by atoms with E-state index >= 15 is 0 Å². The number of carbonyl (C=O) groups excluding carboxylic acids is 1. The van der Waals surface area contributed by atoms with E-state index in [0.717, 1.165) is 16.5 Å². The number of hydrogen-bond acceptors (Lipinski definition) is 8. The van der Waals surface area contributed by atoms with Gasteiger partial charge in [-0.3, -0.25) is 4.98 Å².